The van der Waals surface area contributed by atoms with Gasteiger partial charge in [0.15, 0.2) is 0 Å². The molecule has 0 nitrogen and oxygen atoms in total. The van der Waals surface area contributed by atoms with E-state index in [1.165, 1.54) is 64.2 Å². The van der Waals surface area contributed by atoms with Crippen LogP contribution in [0.25, 0.3) is 0 Å². The van der Waals surface area contributed by atoms with E-state index >= 15 is 0 Å². The van der Waals surface area contributed by atoms with E-state index in [2.05, 4.69) is 19.9 Å². The molecule has 0 heterocycles. The summed E-state index contributed by atoms with van der Waals surface area (Å²) in [6, 6.07) is 0. The van der Waals surface area contributed by atoms with Crippen molar-refractivity contribution in [2.24, 2.45) is 40.4 Å². The molecule has 4 rings (SSSR count). The van der Waals surface area contributed by atoms with E-state index in [1.54, 1.807) is 5.54 Å². The van der Waals surface area contributed by atoms with Gasteiger partial charge in [-0.05, 0) is 91.8 Å². The third-order valence-electron chi connectivity index (χ3n) is 8.96. The molecular weight excluding hydrogens is 288 g/mol. The Hall–Kier alpha value is 0.0300. The molecule has 1 heteroatoms. The Morgan fingerprint density at radius 3 is 2.45 bits per heavy atom. The smallest absolute Gasteiger partial charge is 0.000546 e. The van der Waals surface area contributed by atoms with Gasteiger partial charge in [-0.2, -0.15) is 0 Å². The molecule has 22 heavy (non-hydrogen) atoms. The van der Waals surface area contributed by atoms with Crippen molar-refractivity contribution in [2.45, 2.75) is 78.1 Å². The molecule has 0 radical (unpaired) electrons. The zero-order chi connectivity index (χ0) is 15.4. The van der Waals surface area contributed by atoms with Gasteiger partial charge in [-0.15, -0.1) is 0 Å². The number of hydrogen-bond acceptors (Lipinski definition) is 0. The first-order chi connectivity index (χ1) is 10.6. The fourth-order valence-electron chi connectivity index (χ4n) is 7.74. The van der Waals surface area contributed by atoms with Gasteiger partial charge in [0.1, 0.15) is 0 Å². The molecular formula is C21H33Cl. The molecule has 7 atom stereocenters. The van der Waals surface area contributed by atoms with Crippen molar-refractivity contribution in [2.75, 3.05) is 0 Å². The van der Waals surface area contributed by atoms with E-state index in [9.17, 15) is 0 Å². The monoisotopic (exact) mass is 320 g/mol. The van der Waals surface area contributed by atoms with Gasteiger partial charge in [-0.25, -0.2) is 0 Å². The number of rotatable bonds is 1. The lowest BCUT2D eigenvalue weighted by molar-refractivity contribution is -0.107. The van der Waals surface area contributed by atoms with Gasteiger partial charge in [-0.3, -0.25) is 0 Å². The average Bonchev–Trinajstić information content (AvgIpc) is 2.84. The lowest BCUT2D eigenvalue weighted by Gasteiger charge is -2.60. The second-order valence-electron chi connectivity index (χ2n) is 9.45. The number of allylic oxidation sites excluding steroid dienone is 1. The van der Waals surface area contributed by atoms with Gasteiger partial charge in [-0.1, -0.05) is 44.4 Å². The number of fused-ring (bicyclic) bond motifs is 5. The quantitative estimate of drug-likeness (QED) is 0.499. The van der Waals surface area contributed by atoms with Crippen LogP contribution in [0.15, 0.2) is 11.6 Å². The fourth-order valence-corrected chi connectivity index (χ4v) is 7.92. The molecule has 0 bridgehead atoms. The molecule has 0 aromatic carbocycles. The largest absolute Gasteiger partial charge is 0.0933 e. The van der Waals surface area contributed by atoms with Crippen LogP contribution in [0.1, 0.15) is 78.1 Å². The van der Waals surface area contributed by atoms with Gasteiger partial charge in [0.05, 0.1) is 0 Å². The lowest BCUT2D eigenvalue weighted by atomic mass is 9.45. The maximum Gasteiger partial charge on any atom is 0.000546 e. The highest BCUT2D eigenvalue weighted by Gasteiger charge is 2.59. The Morgan fingerprint density at radius 1 is 0.818 bits per heavy atom. The van der Waals surface area contributed by atoms with Crippen LogP contribution in [0.3, 0.4) is 0 Å². The van der Waals surface area contributed by atoms with Crippen LogP contribution in [0.4, 0.5) is 0 Å². The SMILES string of the molecule is C[C@]12CC[C@H]3[C@@H](CCC4CCCC[C@@]43C)[C@@H]1CC[C@@H]2C=CCl. The first kappa shape index (κ1) is 15.6. The fraction of sp³-hybridized carbons (Fsp3) is 0.905. The Balaban J connectivity index is 1.62. The summed E-state index contributed by atoms with van der Waals surface area (Å²) in [6.45, 7) is 5.28. The summed E-state index contributed by atoms with van der Waals surface area (Å²) in [5, 5.41) is 0. The maximum atomic E-state index is 5.94. The minimum atomic E-state index is 0.546. The zero-order valence-corrected chi connectivity index (χ0v) is 15.2. The van der Waals surface area contributed by atoms with Gasteiger partial charge in [0.2, 0.25) is 0 Å². The van der Waals surface area contributed by atoms with Crippen molar-refractivity contribution in [1.29, 1.82) is 0 Å². The molecule has 0 aromatic heterocycles. The van der Waals surface area contributed by atoms with Crippen LogP contribution in [0, 0.1) is 40.4 Å². The summed E-state index contributed by atoms with van der Waals surface area (Å²) in [5.41, 5.74) is 3.02. The van der Waals surface area contributed by atoms with Crippen LogP contribution in [-0.4, -0.2) is 0 Å². The minimum Gasteiger partial charge on any atom is -0.0933 e. The summed E-state index contributed by atoms with van der Waals surface area (Å²) >= 11 is 5.94. The van der Waals surface area contributed by atoms with E-state index in [0.717, 1.165) is 29.6 Å². The topological polar surface area (TPSA) is 0 Å². The molecule has 1 unspecified atom stereocenters. The predicted octanol–water partition coefficient (Wildman–Crippen LogP) is 6.79. The first-order valence-corrected chi connectivity index (χ1v) is 10.3. The van der Waals surface area contributed by atoms with E-state index < -0.39 is 0 Å². The standard InChI is InChI=1S/C21H33Cl/c1-20-12-4-3-5-15(20)6-8-17-18-9-7-16(11-14-22)21(18,2)13-10-19(17)20/h11,14-19H,3-10,12-13H2,1-2H3/t15?,16-,17+,18+,19+,20+,21-/m1/s1. The molecule has 4 fully saturated rings. The molecule has 0 spiro atoms. The Kier molecular flexibility index (Phi) is 3.92. The predicted molar refractivity (Wildman–Crippen MR) is 94.8 cm³/mol. The first-order valence-electron chi connectivity index (χ1n) is 9.86. The molecule has 0 saturated heterocycles. The van der Waals surface area contributed by atoms with E-state index in [1.807, 2.05) is 0 Å². The highest BCUT2D eigenvalue weighted by Crippen LogP contribution is 2.67. The van der Waals surface area contributed by atoms with Crippen molar-refractivity contribution in [3.05, 3.63) is 11.6 Å². The Bertz CT molecular complexity index is 455. The highest BCUT2D eigenvalue weighted by molar-refractivity contribution is 6.25. The summed E-state index contributed by atoms with van der Waals surface area (Å²) in [6.07, 6.45) is 17.2. The molecule has 0 amide bonds. The van der Waals surface area contributed by atoms with E-state index in [-0.39, 0.29) is 0 Å². The van der Waals surface area contributed by atoms with Crippen LogP contribution in [0.2, 0.25) is 0 Å². The molecule has 0 aliphatic heterocycles. The molecule has 0 aromatic rings. The molecule has 0 N–H and O–H groups in total. The normalized spacial score (nSPS) is 54.8. The Labute approximate surface area is 142 Å². The molecule has 4 saturated carbocycles. The maximum absolute atomic E-state index is 5.94. The van der Waals surface area contributed by atoms with Crippen molar-refractivity contribution >= 4 is 11.6 Å². The number of halogens is 1. The molecule has 124 valence electrons. The third kappa shape index (κ3) is 2.08. The number of hydrogen-bond donors (Lipinski definition) is 0. The summed E-state index contributed by atoms with van der Waals surface area (Å²) < 4.78 is 0. The second kappa shape index (κ2) is 5.54. The van der Waals surface area contributed by atoms with Crippen LogP contribution >= 0.6 is 11.6 Å². The van der Waals surface area contributed by atoms with Gasteiger partial charge in [0, 0.05) is 5.54 Å². The van der Waals surface area contributed by atoms with Crippen molar-refractivity contribution < 1.29 is 0 Å². The summed E-state index contributed by atoms with van der Waals surface area (Å²) in [4.78, 5) is 0. The average molecular weight is 321 g/mol. The van der Waals surface area contributed by atoms with Crippen molar-refractivity contribution in [3.63, 3.8) is 0 Å². The highest BCUT2D eigenvalue weighted by atomic mass is 35.5. The Morgan fingerprint density at radius 2 is 1.64 bits per heavy atom. The van der Waals surface area contributed by atoms with Crippen molar-refractivity contribution in [3.8, 4) is 0 Å². The summed E-state index contributed by atoms with van der Waals surface area (Å²) in [7, 11) is 0. The minimum absolute atomic E-state index is 0.546. The van der Waals surface area contributed by atoms with Gasteiger partial charge < -0.3 is 0 Å². The van der Waals surface area contributed by atoms with Crippen LogP contribution in [-0.2, 0) is 0 Å². The lowest BCUT2D eigenvalue weighted by Crippen LogP contribution is -2.52. The zero-order valence-electron chi connectivity index (χ0n) is 14.5. The van der Waals surface area contributed by atoms with Gasteiger partial charge >= 0.3 is 0 Å². The van der Waals surface area contributed by atoms with Crippen LogP contribution < -0.4 is 0 Å². The van der Waals surface area contributed by atoms with E-state index in [0.29, 0.717) is 10.8 Å². The second-order valence-corrected chi connectivity index (χ2v) is 9.70. The molecule has 4 aliphatic carbocycles. The van der Waals surface area contributed by atoms with Gasteiger partial charge in [0.25, 0.3) is 0 Å². The van der Waals surface area contributed by atoms with Crippen molar-refractivity contribution in [1.82, 2.24) is 0 Å². The van der Waals surface area contributed by atoms with Crippen LogP contribution in [0.5, 0.6) is 0 Å². The third-order valence-corrected chi connectivity index (χ3v) is 9.11. The molecule has 4 aliphatic rings. The van der Waals surface area contributed by atoms with E-state index in [4.69, 9.17) is 11.6 Å². The summed E-state index contributed by atoms with van der Waals surface area (Å²) in [5.74, 6) is 4.82.